The largest absolute Gasteiger partial charge is 0.0904 e. The molecule has 0 bridgehead atoms. The van der Waals surface area contributed by atoms with Gasteiger partial charge in [0.25, 0.3) is 0 Å². The molecule has 0 aromatic heterocycles. The SMILES string of the molecule is CCC1C#CC(C)=CC=C1C. The van der Waals surface area contributed by atoms with Gasteiger partial charge in [-0.2, -0.15) is 0 Å². The molecule has 1 atom stereocenters. The van der Waals surface area contributed by atoms with Crippen molar-refractivity contribution in [3.63, 3.8) is 0 Å². The number of rotatable bonds is 1. The van der Waals surface area contributed by atoms with Crippen molar-refractivity contribution in [2.45, 2.75) is 27.2 Å². The summed E-state index contributed by atoms with van der Waals surface area (Å²) in [6, 6.07) is 0. The lowest BCUT2D eigenvalue weighted by Gasteiger charge is -2.05. The molecule has 0 amide bonds. The number of allylic oxidation sites excluding steroid dienone is 4. The monoisotopic (exact) mass is 146 g/mol. The summed E-state index contributed by atoms with van der Waals surface area (Å²) >= 11 is 0. The van der Waals surface area contributed by atoms with Gasteiger partial charge in [0.1, 0.15) is 0 Å². The molecule has 0 nitrogen and oxygen atoms in total. The van der Waals surface area contributed by atoms with Crippen LogP contribution in [0.25, 0.3) is 0 Å². The third-order valence-electron chi connectivity index (χ3n) is 2.00. The Labute approximate surface area is 69.0 Å². The van der Waals surface area contributed by atoms with Crippen LogP contribution in [0, 0.1) is 17.8 Å². The van der Waals surface area contributed by atoms with Crippen molar-refractivity contribution in [3.05, 3.63) is 23.3 Å². The van der Waals surface area contributed by atoms with E-state index in [0.29, 0.717) is 5.92 Å². The zero-order valence-electron chi connectivity index (χ0n) is 7.44. The lowest BCUT2D eigenvalue weighted by Crippen LogP contribution is -1.95. The van der Waals surface area contributed by atoms with Crippen LogP contribution in [0.3, 0.4) is 0 Å². The fourth-order valence-corrected chi connectivity index (χ4v) is 1.15. The van der Waals surface area contributed by atoms with E-state index in [1.165, 1.54) is 11.1 Å². The summed E-state index contributed by atoms with van der Waals surface area (Å²) in [5.41, 5.74) is 2.55. The molecule has 0 heterocycles. The molecule has 58 valence electrons. The maximum absolute atomic E-state index is 3.24. The van der Waals surface area contributed by atoms with E-state index in [1.807, 2.05) is 0 Å². The first-order valence-electron chi connectivity index (χ1n) is 4.10. The van der Waals surface area contributed by atoms with Gasteiger partial charge in [-0.15, -0.1) is 0 Å². The molecular formula is C11H14. The smallest absolute Gasteiger partial charge is 0.0413 e. The fraction of sp³-hybridized carbons (Fsp3) is 0.455. The maximum Gasteiger partial charge on any atom is 0.0413 e. The van der Waals surface area contributed by atoms with E-state index in [0.717, 1.165) is 6.42 Å². The summed E-state index contributed by atoms with van der Waals surface area (Å²) in [5, 5.41) is 0. The van der Waals surface area contributed by atoms with Crippen molar-refractivity contribution < 1.29 is 0 Å². The van der Waals surface area contributed by atoms with E-state index in [2.05, 4.69) is 44.8 Å². The van der Waals surface area contributed by atoms with Crippen LogP contribution in [-0.4, -0.2) is 0 Å². The van der Waals surface area contributed by atoms with E-state index in [9.17, 15) is 0 Å². The van der Waals surface area contributed by atoms with Crippen LogP contribution in [0.4, 0.5) is 0 Å². The summed E-state index contributed by atoms with van der Waals surface area (Å²) < 4.78 is 0. The molecule has 0 spiro atoms. The van der Waals surface area contributed by atoms with Crippen LogP contribution in [0.15, 0.2) is 23.3 Å². The van der Waals surface area contributed by atoms with Gasteiger partial charge in [-0.1, -0.05) is 36.5 Å². The standard InChI is InChI=1S/C11H14/c1-4-11-8-6-9(2)5-7-10(11)3/h5,7,11H,4H2,1-3H3. The normalized spacial score (nSPS) is 22.6. The minimum absolute atomic E-state index is 0.476. The second-order valence-electron chi connectivity index (χ2n) is 2.99. The van der Waals surface area contributed by atoms with Crippen molar-refractivity contribution in [1.29, 1.82) is 0 Å². The highest BCUT2D eigenvalue weighted by atomic mass is 14.1. The van der Waals surface area contributed by atoms with E-state index < -0.39 is 0 Å². The Morgan fingerprint density at radius 3 is 2.73 bits per heavy atom. The van der Waals surface area contributed by atoms with E-state index in [1.54, 1.807) is 0 Å². The first-order valence-corrected chi connectivity index (χ1v) is 4.10. The van der Waals surface area contributed by atoms with Crippen LogP contribution in [0.1, 0.15) is 27.2 Å². The molecular weight excluding hydrogens is 132 g/mol. The van der Waals surface area contributed by atoms with Crippen LogP contribution < -0.4 is 0 Å². The Kier molecular flexibility index (Phi) is 2.54. The summed E-state index contributed by atoms with van der Waals surface area (Å²) in [4.78, 5) is 0. The molecule has 0 fully saturated rings. The van der Waals surface area contributed by atoms with Gasteiger partial charge in [0.05, 0.1) is 0 Å². The van der Waals surface area contributed by atoms with Gasteiger partial charge >= 0.3 is 0 Å². The molecule has 0 aromatic rings. The zero-order valence-corrected chi connectivity index (χ0v) is 7.44. The Morgan fingerprint density at radius 2 is 2.09 bits per heavy atom. The molecule has 0 saturated carbocycles. The molecule has 1 aliphatic carbocycles. The minimum Gasteiger partial charge on any atom is -0.0904 e. The third kappa shape index (κ3) is 1.98. The average Bonchev–Trinajstić information content (AvgIpc) is 2.15. The van der Waals surface area contributed by atoms with Gasteiger partial charge in [-0.3, -0.25) is 0 Å². The van der Waals surface area contributed by atoms with Crippen molar-refractivity contribution >= 4 is 0 Å². The fourth-order valence-electron chi connectivity index (χ4n) is 1.15. The lowest BCUT2D eigenvalue weighted by molar-refractivity contribution is 0.752. The van der Waals surface area contributed by atoms with Crippen LogP contribution in [-0.2, 0) is 0 Å². The van der Waals surface area contributed by atoms with Gasteiger partial charge < -0.3 is 0 Å². The predicted molar refractivity (Wildman–Crippen MR) is 49.1 cm³/mol. The summed E-state index contributed by atoms with van der Waals surface area (Å²) in [7, 11) is 0. The van der Waals surface area contributed by atoms with Crippen molar-refractivity contribution in [2.75, 3.05) is 0 Å². The van der Waals surface area contributed by atoms with Gasteiger partial charge in [0.2, 0.25) is 0 Å². The maximum atomic E-state index is 3.24. The molecule has 0 aromatic carbocycles. The second kappa shape index (κ2) is 3.44. The van der Waals surface area contributed by atoms with Crippen LogP contribution in [0.5, 0.6) is 0 Å². The third-order valence-corrected chi connectivity index (χ3v) is 2.00. The first kappa shape index (κ1) is 8.14. The molecule has 0 heteroatoms. The Balaban J connectivity index is 2.90. The highest BCUT2D eigenvalue weighted by Gasteiger charge is 2.04. The molecule has 1 aliphatic rings. The molecule has 0 saturated heterocycles. The average molecular weight is 146 g/mol. The molecule has 0 N–H and O–H groups in total. The predicted octanol–water partition coefficient (Wildman–Crippen LogP) is 2.92. The molecule has 1 unspecified atom stereocenters. The van der Waals surface area contributed by atoms with Gasteiger partial charge in [0, 0.05) is 5.92 Å². The van der Waals surface area contributed by atoms with E-state index >= 15 is 0 Å². The number of hydrogen-bond donors (Lipinski definition) is 0. The van der Waals surface area contributed by atoms with Gasteiger partial charge in [0.15, 0.2) is 0 Å². The lowest BCUT2D eigenvalue weighted by atomic mass is 9.99. The van der Waals surface area contributed by atoms with Crippen molar-refractivity contribution in [3.8, 4) is 11.8 Å². The van der Waals surface area contributed by atoms with Crippen molar-refractivity contribution in [1.82, 2.24) is 0 Å². The highest BCUT2D eigenvalue weighted by molar-refractivity contribution is 5.37. The highest BCUT2D eigenvalue weighted by Crippen LogP contribution is 2.16. The quantitative estimate of drug-likeness (QED) is 0.499. The Hall–Kier alpha value is -0.960. The summed E-state index contributed by atoms with van der Waals surface area (Å²) in [6.45, 7) is 6.38. The molecule has 1 rings (SSSR count). The van der Waals surface area contributed by atoms with E-state index in [4.69, 9.17) is 0 Å². The summed E-state index contributed by atoms with van der Waals surface area (Å²) in [6.07, 6.45) is 5.38. The van der Waals surface area contributed by atoms with Gasteiger partial charge in [-0.25, -0.2) is 0 Å². The first-order chi connectivity index (χ1) is 5.24. The topological polar surface area (TPSA) is 0 Å². The minimum atomic E-state index is 0.476. The summed E-state index contributed by atoms with van der Waals surface area (Å²) in [5.74, 6) is 6.85. The van der Waals surface area contributed by atoms with E-state index in [-0.39, 0.29) is 0 Å². The molecule has 0 radical (unpaired) electrons. The van der Waals surface area contributed by atoms with Crippen LogP contribution >= 0.6 is 0 Å². The Bertz CT molecular complexity index is 255. The number of hydrogen-bond acceptors (Lipinski definition) is 0. The molecule has 11 heavy (non-hydrogen) atoms. The van der Waals surface area contributed by atoms with Crippen LogP contribution in [0.2, 0.25) is 0 Å². The second-order valence-corrected chi connectivity index (χ2v) is 2.99. The van der Waals surface area contributed by atoms with Gasteiger partial charge in [-0.05, 0) is 25.8 Å². The van der Waals surface area contributed by atoms with Crippen molar-refractivity contribution in [2.24, 2.45) is 5.92 Å². The zero-order chi connectivity index (χ0) is 8.27. The Morgan fingerprint density at radius 1 is 1.36 bits per heavy atom. The molecule has 0 aliphatic heterocycles.